The predicted molar refractivity (Wildman–Crippen MR) is 361 cm³/mol. The number of nitriles is 2. The van der Waals surface area contributed by atoms with E-state index in [-0.39, 0.29) is 55.8 Å². The van der Waals surface area contributed by atoms with Gasteiger partial charge in [0.15, 0.2) is 0 Å². The number of aryl methyl sites for hydroxylation is 3. The van der Waals surface area contributed by atoms with E-state index in [1.807, 2.05) is 118 Å². The maximum Gasteiger partial charge on any atom is 0.488 e. The third-order valence-electron chi connectivity index (χ3n) is 13.8. The monoisotopic (exact) mass is 1290 g/mol. The van der Waals surface area contributed by atoms with Crippen molar-refractivity contribution in [3.05, 3.63) is 216 Å². The highest BCUT2D eigenvalue weighted by Gasteiger charge is 2.21. The van der Waals surface area contributed by atoms with E-state index in [0.717, 1.165) is 66.4 Å². The van der Waals surface area contributed by atoms with E-state index in [2.05, 4.69) is 94.3 Å². The minimum absolute atomic E-state index is 0.00276. The lowest BCUT2D eigenvalue weighted by Gasteiger charge is -2.18. The Balaban J connectivity index is 0.000000172. The van der Waals surface area contributed by atoms with Crippen LogP contribution < -0.4 is 27.3 Å². The number of pyridine rings is 2. The fourth-order valence-corrected chi connectivity index (χ4v) is 10.2. The number of fused-ring (bicyclic) bond motifs is 3. The van der Waals surface area contributed by atoms with Crippen LogP contribution in [-0.4, -0.2) is 64.8 Å². The number of aromatic nitrogens is 8. The molecule has 0 amide bonds. The van der Waals surface area contributed by atoms with Crippen molar-refractivity contribution in [2.24, 2.45) is 37.4 Å². The first-order valence-electron chi connectivity index (χ1n) is 28.7. The van der Waals surface area contributed by atoms with Crippen LogP contribution in [0, 0.1) is 38.9 Å². The van der Waals surface area contributed by atoms with Crippen molar-refractivity contribution >= 4 is 73.2 Å². The molecule has 0 saturated carbocycles. The Bertz CT molecular complexity index is 4640. The van der Waals surface area contributed by atoms with Crippen molar-refractivity contribution < 1.29 is 25.0 Å². The van der Waals surface area contributed by atoms with Crippen LogP contribution in [-0.2, 0) is 40.8 Å². The Morgan fingerprint density at radius 1 is 0.500 bits per heavy atom. The van der Waals surface area contributed by atoms with E-state index >= 15 is 0 Å². The van der Waals surface area contributed by atoms with Gasteiger partial charge in [0.1, 0.15) is 40.1 Å². The molecule has 90 heavy (non-hydrogen) atoms. The maximum atomic E-state index is 12.8. The second kappa shape index (κ2) is 28.8. The van der Waals surface area contributed by atoms with E-state index < -0.39 is 7.12 Å². The Hall–Kier alpha value is -9.44. The van der Waals surface area contributed by atoms with Crippen molar-refractivity contribution in [1.29, 1.82) is 10.5 Å². The lowest BCUT2D eigenvalue weighted by atomic mass is 9.80. The zero-order valence-corrected chi connectivity index (χ0v) is 54.8. The molecular weight excluding hydrogens is 1220 g/mol. The molecule has 0 radical (unpaired) electrons. The topological polar surface area (TPSA) is 244 Å². The van der Waals surface area contributed by atoms with Crippen molar-refractivity contribution in [2.75, 3.05) is 0 Å². The Kier molecular flexibility index (Phi) is 21.8. The highest BCUT2D eigenvalue weighted by Crippen LogP contribution is 2.32. The molecule has 0 aliphatic heterocycles. The number of halogens is 2. The van der Waals surface area contributed by atoms with Gasteiger partial charge in [-0.15, -0.1) is 0 Å². The summed E-state index contributed by atoms with van der Waals surface area (Å²) in [7, 11) is 3.91. The molecule has 5 aromatic heterocycles. The molecule has 5 heterocycles. The molecule has 11 aromatic rings. The number of aromatic hydroxyl groups is 2. The number of phenolic OH excluding ortho intramolecular Hbond substituents is 2. The summed E-state index contributed by atoms with van der Waals surface area (Å²) in [6.07, 6.45) is 3.14. The molecule has 18 nitrogen and oxygen atoms in total. The third-order valence-corrected chi connectivity index (χ3v) is 14.6. The molecule has 0 unspecified atom stereocenters. The van der Waals surface area contributed by atoms with Crippen molar-refractivity contribution in [3.63, 3.8) is 0 Å². The third kappa shape index (κ3) is 17.5. The zero-order chi connectivity index (χ0) is 66.0. The van der Waals surface area contributed by atoms with E-state index in [0.29, 0.717) is 35.4 Å². The largest absolute Gasteiger partial charge is 0.508 e. The van der Waals surface area contributed by atoms with Gasteiger partial charge in [0.2, 0.25) is 5.88 Å². The molecule has 0 spiro atoms. The summed E-state index contributed by atoms with van der Waals surface area (Å²) < 4.78 is 17.5. The van der Waals surface area contributed by atoms with Crippen molar-refractivity contribution in [2.45, 2.75) is 81.9 Å². The quantitative estimate of drug-likeness (QED) is 0.0820. The van der Waals surface area contributed by atoms with Crippen LogP contribution in [0.25, 0.3) is 55.4 Å². The first-order valence-corrected chi connectivity index (χ1v) is 29.9. The van der Waals surface area contributed by atoms with Crippen molar-refractivity contribution in [1.82, 2.24) is 37.4 Å². The van der Waals surface area contributed by atoms with E-state index in [1.165, 1.54) is 18.2 Å². The van der Waals surface area contributed by atoms with Gasteiger partial charge in [-0.05, 0) is 147 Å². The highest BCUT2D eigenvalue weighted by molar-refractivity contribution is 9.10. The average Bonchev–Trinajstić information content (AvgIpc) is 1.82. The van der Waals surface area contributed by atoms with Crippen LogP contribution in [0.3, 0.4) is 0 Å². The molecule has 0 fully saturated rings. The molecule has 0 aliphatic rings. The molecule has 0 bridgehead atoms. The van der Waals surface area contributed by atoms with Crippen LogP contribution in [0.1, 0.15) is 73.4 Å². The molecule has 4 N–H and O–H groups in total. The predicted octanol–water partition coefficient (Wildman–Crippen LogP) is 12.7. The van der Waals surface area contributed by atoms with Crippen LogP contribution in [0.15, 0.2) is 183 Å². The van der Waals surface area contributed by atoms with Gasteiger partial charge in [0, 0.05) is 57.6 Å². The molecule has 0 atom stereocenters. The number of phenols is 2. The van der Waals surface area contributed by atoms with Gasteiger partial charge < -0.3 is 25.0 Å². The van der Waals surface area contributed by atoms with Gasteiger partial charge in [-0.25, -0.2) is 24.4 Å². The second-order valence-electron chi connectivity index (χ2n) is 25.1. The lowest BCUT2D eigenvalue weighted by Crippen LogP contribution is -2.29. The molecule has 0 saturated heterocycles. The summed E-state index contributed by atoms with van der Waals surface area (Å²) in [6, 6.07) is 49.2. The van der Waals surface area contributed by atoms with Gasteiger partial charge in [0.05, 0.1) is 38.7 Å². The zero-order valence-electron chi connectivity index (χ0n) is 52.4. The Morgan fingerprint density at radius 2 is 0.911 bits per heavy atom. The fraction of sp³-hybridized carbons (Fsp3) is 0.261. The highest BCUT2D eigenvalue weighted by atomic mass is 79.9. The SMILES string of the molecule is Cn1c(=O)n(CC(C)(C)C)c2ccc(-c3cccc(O)c3)cc21.Cn1c(=O)n(CC(C)(C)C)c2ccc(-c3cccc(Oc4ncccc4C#N)c3)cc21.Cn1c(=O)n(CC(C)(C)C)c2ccc(Br)cc21.N#Cc1cccnc1Cl.OB(O)c1cccc(O)c1. The molecule has 0 aliphatic carbocycles. The molecular formula is C69H73BBrClN10O8. The van der Waals surface area contributed by atoms with E-state index in [9.17, 15) is 24.8 Å². The summed E-state index contributed by atoms with van der Waals surface area (Å²) in [6.45, 7) is 21.2. The molecule has 6 aromatic carbocycles. The number of nitrogens with zero attached hydrogens (tertiary/aromatic N) is 10. The number of rotatable bonds is 8. The van der Waals surface area contributed by atoms with Crippen LogP contribution in [0.4, 0.5) is 0 Å². The van der Waals surface area contributed by atoms with E-state index in [4.69, 9.17) is 36.8 Å². The number of hydrogen-bond donors (Lipinski definition) is 4. The van der Waals surface area contributed by atoms with Gasteiger partial charge in [-0.2, -0.15) is 10.5 Å². The molecule has 21 heteroatoms. The second-order valence-corrected chi connectivity index (χ2v) is 26.3. The number of ether oxygens (including phenoxy) is 1. The van der Waals surface area contributed by atoms with Gasteiger partial charge in [0.25, 0.3) is 0 Å². The first-order chi connectivity index (χ1) is 42.4. The van der Waals surface area contributed by atoms with Gasteiger partial charge in [-0.3, -0.25) is 27.4 Å². The number of benzene rings is 6. The number of hydrogen-bond acceptors (Lipinski definition) is 12. The van der Waals surface area contributed by atoms with Crippen LogP contribution in [0.5, 0.6) is 23.1 Å². The summed E-state index contributed by atoms with van der Waals surface area (Å²) >= 11 is 8.93. The standard InChI is InChI=1S/C25H24N4O2.C19H22N2O2.C13H17BrN2O.C6H7BO3.C6H3ClN2/c1-25(2,3)16-29-21-11-10-18(14-22(21)28(4)24(29)30)17-7-5-9-20(13-17)31-23-19(15-26)8-6-12-27-23;1-19(2,3)12-21-16-9-8-14(11-17(16)20(4)18(21)23)13-6-5-7-15(22)10-13;1-13(2,3)8-16-10-6-5-9(14)7-11(10)15(4)12(16)17;8-6-3-1-2-5(4-6)7(9)10;7-6-5(4-8)2-1-3-9-6/h5-14H,16H2,1-4H3;5-11,22H,12H2,1-4H3;5-7H,8H2,1-4H3;1-4,8-10H;1-3H. The number of imidazole rings is 3. The van der Waals surface area contributed by atoms with Crippen molar-refractivity contribution in [3.8, 4) is 57.5 Å². The fourth-order valence-electron chi connectivity index (χ4n) is 9.68. The smallest absolute Gasteiger partial charge is 0.488 e. The average molecular weight is 1300 g/mol. The van der Waals surface area contributed by atoms with Gasteiger partial charge in [-0.1, -0.05) is 138 Å². The maximum absolute atomic E-state index is 12.8. The Morgan fingerprint density at radius 3 is 1.33 bits per heavy atom. The summed E-state index contributed by atoms with van der Waals surface area (Å²) in [5, 5.41) is 53.5. The van der Waals surface area contributed by atoms with Gasteiger partial charge >= 0.3 is 24.2 Å². The molecule has 464 valence electrons. The Labute approximate surface area is 536 Å². The summed E-state index contributed by atoms with van der Waals surface area (Å²) in [5.74, 6) is 1.14. The first kappa shape index (κ1) is 68.1. The molecule has 11 rings (SSSR count). The lowest BCUT2D eigenvalue weighted by molar-refractivity contribution is 0.342. The normalized spacial score (nSPS) is 11.2. The minimum Gasteiger partial charge on any atom is -0.508 e. The van der Waals surface area contributed by atoms with Crippen LogP contribution >= 0.6 is 27.5 Å². The summed E-state index contributed by atoms with van der Waals surface area (Å²) in [4.78, 5) is 45.4. The minimum atomic E-state index is -1.51. The van der Waals surface area contributed by atoms with E-state index in [1.54, 1.807) is 82.7 Å². The van der Waals surface area contributed by atoms with Crippen LogP contribution in [0.2, 0.25) is 5.15 Å². The summed E-state index contributed by atoms with van der Waals surface area (Å²) in [5.41, 5.74) is 10.7.